The van der Waals surface area contributed by atoms with Gasteiger partial charge in [0.1, 0.15) is 0 Å². The monoisotopic (exact) mass is 443 g/mol. The molecule has 0 bridgehead atoms. The average Bonchev–Trinajstić information content (AvgIpc) is 2.97. The van der Waals surface area contributed by atoms with Crippen LogP contribution in [0.3, 0.4) is 0 Å². The maximum absolute atomic E-state index is 12.9. The minimum atomic E-state index is -0.491. The molecule has 6 nitrogen and oxygen atoms in total. The fourth-order valence-electron chi connectivity index (χ4n) is 3.51. The summed E-state index contributed by atoms with van der Waals surface area (Å²) in [4.78, 5) is 30.4. The number of hydrogen-bond donors (Lipinski definition) is 2. The fraction of sp³-hybridized carbons (Fsp3) is 0.182. The van der Waals surface area contributed by atoms with E-state index in [1.165, 1.54) is 11.1 Å². The smallest absolute Gasteiger partial charge is 0.341 e. The molecule has 8 heteroatoms. The summed E-state index contributed by atoms with van der Waals surface area (Å²) in [5, 5.41) is 4.60. The predicted octanol–water partition coefficient (Wildman–Crippen LogP) is 5.47. The van der Waals surface area contributed by atoms with E-state index >= 15 is 0 Å². The van der Waals surface area contributed by atoms with Gasteiger partial charge in [-0.2, -0.15) is 0 Å². The number of halogens is 2. The molecule has 1 aliphatic rings. The molecule has 30 heavy (non-hydrogen) atoms. The molecule has 0 aliphatic carbocycles. The van der Waals surface area contributed by atoms with Crippen molar-refractivity contribution in [1.82, 2.24) is 9.88 Å². The van der Waals surface area contributed by atoms with E-state index in [9.17, 15) is 9.59 Å². The number of amides is 2. The van der Waals surface area contributed by atoms with E-state index in [1.54, 1.807) is 25.1 Å². The van der Waals surface area contributed by atoms with Gasteiger partial charge in [-0.25, -0.2) is 9.59 Å². The van der Waals surface area contributed by atoms with Crippen LogP contribution >= 0.6 is 23.2 Å². The number of H-pyrrole nitrogens is 1. The number of aromatic nitrogens is 1. The number of urea groups is 1. The summed E-state index contributed by atoms with van der Waals surface area (Å²) in [6.07, 6.45) is 2.10. The lowest BCUT2D eigenvalue weighted by atomic mass is 10.0. The number of aromatic amines is 1. The van der Waals surface area contributed by atoms with Crippen molar-refractivity contribution in [3.8, 4) is 0 Å². The van der Waals surface area contributed by atoms with Gasteiger partial charge >= 0.3 is 12.0 Å². The Morgan fingerprint density at radius 2 is 2.00 bits per heavy atom. The van der Waals surface area contributed by atoms with Crippen molar-refractivity contribution in [2.75, 3.05) is 18.5 Å². The summed E-state index contributed by atoms with van der Waals surface area (Å²) in [7, 11) is 0. The summed E-state index contributed by atoms with van der Waals surface area (Å²) in [5.74, 6) is -0.491. The molecule has 0 saturated carbocycles. The third kappa shape index (κ3) is 3.88. The number of nitrogens with zero attached hydrogens (tertiary/aromatic N) is 1. The van der Waals surface area contributed by atoms with Crippen molar-refractivity contribution in [2.24, 2.45) is 0 Å². The van der Waals surface area contributed by atoms with E-state index in [-0.39, 0.29) is 6.61 Å². The predicted molar refractivity (Wildman–Crippen MR) is 119 cm³/mol. The van der Waals surface area contributed by atoms with Crippen LogP contribution in [0.5, 0.6) is 0 Å². The molecule has 2 amide bonds. The molecule has 3 aromatic rings. The van der Waals surface area contributed by atoms with Crippen LogP contribution in [0.15, 0.2) is 48.7 Å². The quantitative estimate of drug-likeness (QED) is 0.527. The van der Waals surface area contributed by atoms with Crippen molar-refractivity contribution < 1.29 is 14.3 Å². The molecule has 0 fully saturated rings. The second-order valence-electron chi connectivity index (χ2n) is 6.79. The lowest BCUT2D eigenvalue weighted by Gasteiger charge is -2.19. The van der Waals surface area contributed by atoms with Gasteiger partial charge < -0.3 is 15.0 Å². The van der Waals surface area contributed by atoms with Crippen molar-refractivity contribution in [3.05, 3.63) is 70.0 Å². The molecule has 2 heterocycles. The zero-order valence-electron chi connectivity index (χ0n) is 16.2. The highest BCUT2D eigenvalue weighted by molar-refractivity contribution is 6.36. The Labute approximate surface area is 183 Å². The maximum atomic E-state index is 12.9. The highest BCUT2D eigenvalue weighted by Crippen LogP contribution is 2.32. The molecule has 0 radical (unpaired) electrons. The zero-order chi connectivity index (χ0) is 21.3. The summed E-state index contributed by atoms with van der Waals surface area (Å²) in [6, 6.07) is 12.3. The van der Waals surface area contributed by atoms with E-state index in [0.717, 1.165) is 16.5 Å². The van der Waals surface area contributed by atoms with Crippen LogP contribution in [-0.4, -0.2) is 35.0 Å². The van der Waals surface area contributed by atoms with Crippen LogP contribution in [0.4, 0.5) is 10.5 Å². The lowest BCUT2D eigenvalue weighted by molar-refractivity contribution is -0.136. The molecule has 154 valence electrons. The molecule has 0 unspecified atom stereocenters. The summed E-state index contributed by atoms with van der Waals surface area (Å²) in [5.41, 5.74) is 3.33. The topological polar surface area (TPSA) is 74.4 Å². The number of carbonyl (C=O) groups is 2. The van der Waals surface area contributed by atoms with Crippen molar-refractivity contribution in [2.45, 2.75) is 13.3 Å². The third-order valence-electron chi connectivity index (χ3n) is 4.90. The maximum Gasteiger partial charge on any atom is 0.341 e. The van der Waals surface area contributed by atoms with Gasteiger partial charge in [0, 0.05) is 28.7 Å². The standard InChI is InChI=1S/C22H19Cl2N3O3/c1-2-30-21(28)16-12-27(22(29)26-19-8-7-13(23)11-17(19)24)10-9-15-14-5-3-4-6-18(14)25-20(15)16/h3-8,11-12,25H,2,9-10H2,1H3,(H,26,29). The van der Waals surface area contributed by atoms with E-state index in [4.69, 9.17) is 27.9 Å². The Bertz CT molecular complexity index is 1170. The summed E-state index contributed by atoms with van der Waals surface area (Å²) in [6.45, 7) is 2.36. The molecular weight excluding hydrogens is 425 g/mol. The van der Waals surface area contributed by atoms with Crippen LogP contribution in [0.1, 0.15) is 18.2 Å². The Kier molecular flexibility index (Phi) is 5.70. The van der Waals surface area contributed by atoms with Crippen LogP contribution in [-0.2, 0) is 16.0 Å². The highest BCUT2D eigenvalue weighted by Gasteiger charge is 2.27. The number of rotatable bonds is 3. The van der Waals surface area contributed by atoms with Gasteiger partial charge in [-0.1, -0.05) is 41.4 Å². The van der Waals surface area contributed by atoms with Crippen LogP contribution in [0.25, 0.3) is 16.5 Å². The second kappa shape index (κ2) is 8.42. The number of hydrogen-bond acceptors (Lipinski definition) is 3. The highest BCUT2D eigenvalue weighted by atomic mass is 35.5. The number of ether oxygens (including phenoxy) is 1. The molecule has 0 saturated heterocycles. The Morgan fingerprint density at radius 1 is 1.20 bits per heavy atom. The molecule has 0 spiro atoms. The van der Waals surface area contributed by atoms with E-state index in [2.05, 4.69) is 10.3 Å². The fourth-order valence-corrected chi connectivity index (χ4v) is 3.96. The number of nitrogens with one attached hydrogen (secondary N) is 2. The Balaban J connectivity index is 1.70. The van der Waals surface area contributed by atoms with Crippen LogP contribution < -0.4 is 5.32 Å². The number of esters is 1. The zero-order valence-corrected chi connectivity index (χ0v) is 17.7. The van der Waals surface area contributed by atoms with Crippen molar-refractivity contribution in [3.63, 3.8) is 0 Å². The molecule has 0 atom stereocenters. The summed E-state index contributed by atoms with van der Waals surface area (Å²) < 4.78 is 5.25. The Hall–Kier alpha value is -2.96. The third-order valence-corrected chi connectivity index (χ3v) is 5.45. The molecule has 2 N–H and O–H groups in total. The molecular formula is C22H19Cl2N3O3. The normalized spacial score (nSPS) is 13.4. The lowest BCUT2D eigenvalue weighted by Crippen LogP contribution is -2.32. The minimum absolute atomic E-state index is 0.234. The molecule has 4 rings (SSSR count). The van der Waals surface area contributed by atoms with Gasteiger partial charge in [0.05, 0.1) is 28.6 Å². The number of anilines is 1. The number of para-hydroxylation sites is 1. The second-order valence-corrected chi connectivity index (χ2v) is 7.63. The largest absolute Gasteiger partial charge is 0.462 e. The number of carbonyl (C=O) groups excluding carboxylic acids is 2. The van der Waals surface area contributed by atoms with Crippen molar-refractivity contribution >= 4 is 57.4 Å². The van der Waals surface area contributed by atoms with Gasteiger partial charge in [-0.3, -0.25) is 4.90 Å². The first-order valence-electron chi connectivity index (χ1n) is 9.49. The Morgan fingerprint density at radius 3 is 2.77 bits per heavy atom. The van der Waals surface area contributed by atoms with Gasteiger partial charge in [-0.15, -0.1) is 0 Å². The average molecular weight is 444 g/mol. The first-order chi connectivity index (χ1) is 14.5. The van der Waals surface area contributed by atoms with Crippen molar-refractivity contribution in [1.29, 1.82) is 0 Å². The van der Waals surface area contributed by atoms with Gasteiger partial charge in [0.2, 0.25) is 0 Å². The minimum Gasteiger partial charge on any atom is -0.462 e. The first kappa shape index (κ1) is 20.3. The van der Waals surface area contributed by atoms with E-state index in [0.29, 0.717) is 40.0 Å². The summed E-state index contributed by atoms with van der Waals surface area (Å²) >= 11 is 12.1. The molecule has 1 aliphatic heterocycles. The van der Waals surface area contributed by atoms with Gasteiger partial charge in [0.25, 0.3) is 0 Å². The van der Waals surface area contributed by atoms with Gasteiger partial charge in [-0.05, 0) is 43.2 Å². The molecule has 2 aromatic carbocycles. The molecule has 1 aromatic heterocycles. The first-order valence-corrected chi connectivity index (χ1v) is 10.2. The number of benzene rings is 2. The number of fused-ring (bicyclic) bond motifs is 3. The van der Waals surface area contributed by atoms with E-state index in [1.807, 2.05) is 24.3 Å². The van der Waals surface area contributed by atoms with Crippen LogP contribution in [0.2, 0.25) is 10.0 Å². The van der Waals surface area contributed by atoms with E-state index < -0.39 is 12.0 Å². The SMILES string of the molecule is CCOC(=O)C1=CN(C(=O)Nc2ccc(Cl)cc2Cl)CCc2c1[nH]c1ccccc21. The van der Waals surface area contributed by atoms with Gasteiger partial charge in [0.15, 0.2) is 0 Å². The van der Waals surface area contributed by atoms with Crippen LogP contribution in [0, 0.1) is 0 Å².